The number of aliphatic hydroxyl groups is 2. The summed E-state index contributed by atoms with van der Waals surface area (Å²) in [6, 6.07) is 0. The van der Waals surface area contributed by atoms with E-state index in [0.717, 1.165) is 25.7 Å². The number of aliphatic hydroxyl groups excluding tert-OH is 1. The van der Waals surface area contributed by atoms with E-state index in [1.807, 2.05) is 6.92 Å². The smallest absolute Gasteiger partial charge is 0.0654 e. The van der Waals surface area contributed by atoms with Crippen molar-refractivity contribution >= 4 is 0 Å². The molecule has 4 aliphatic carbocycles. The van der Waals surface area contributed by atoms with Crippen molar-refractivity contribution in [1.29, 1.82) is 0 Å². The van der Waals surface area contributed by atoms with Crippen LogP contribution in [0, 0.1) is 34.0 Å². The highest BCUT2D eigenvalue weighted by molar-refractivity contribution is 5.18. The Morgan fingerprint density at radius 2 is 1.68 bits per heavy atom. The summed E-state index contributed by atoms with van der Waals surface area (Å²) in [5.41, 5.74) is 0.175. The van der Waals surface area contributed by atoms with Crippen molar-refractivity contribution < 1.29 is 10.2 Å². The number of fused-ring (bicyclic) bond motifs is 3. The Morgan fingerprint density at radius 1 is 0.955 bits per heavy atom. The highest BCUT2D eigenvalue weighted by Gasteiger charge is 2.69. The highest BCUT2D eigenvalue weighted by Crippen LogP contribution is 2.72. The van der Waals surface area contributed by atoms with Crippen LogP contribution >= 0.6 is 0 Å². The Kier molecular flexibility index (Phi) is 3.02. The molecule has 2 bridgehead atoms. The Morgan fingerprint density at radius 3 is 2.41 bits per heavy atom. The minimum Gasteiger partial charge on any atom is -0.393 e. The fraction of sp³-hybridized carbons (Fsp3) is 1.00. The molecule has 22 heavy (non-hydrogen) atoms. The van der Waals surface area contributed by atoms with Crippen LogP contribution in [0.5, 0.6) is 0 Å². The average Bonchev–Trinajstić information content (AvgIpc) is 2.60. The molecule has 0 aromatic heterocycles. The van der Waals surface area contributed by atoms with E-state index >= 15 is 0 Å². The third-order valence-corrected chi connectivity index (χ3v) is 8.89. The van der Waals surface area contributed by atoms with Crippen molar-refractivity contribution in [1.82, 2.24) is 0 Å². The summed E-state index contributed by atoms with van der Waals surface area (Å²) in [6.07, 6.45) is 9.01. The normalized spacial score (nSPS) is 59.7. The minimum atomic E-state index is -0.552. The molecule has 2 N–H and O–H groups in total. The maximum atomic E-state index is 11.2. The van der Waals surface area contributed by atoms with Crippen LogP contribution in [0.3, 0.4) is 0 Å². The molecule has 4 fully saturated rings. The standard InChI is InChI=1S/C20H34O2/c1-17(2)8-5-9-18(3)14-7-6-13-11-20(14,12-19(13,4)22)16(21)10-15(17)18/h13-16,21-22H,5-12H2,1-4H3/t13-,14+,15-,16+,18+,19-,20-/m1/s1. The highest BCUT2D eigenvalue weighted by atomic mass is 16.3. The lowest BCUT2D eigenvalue weighted by molar-refractivity contribution is -0.197. The van der Waals surface area contributed by atoms with E-state index < -0.39 is 5.60 Å². The van der Waals surface area contributed by atoms with Gasteiger partial charge in [0.1, 0.15) is 0 Å². The first-order valence-electron chi connectivity index (χ1n) is 9.52. The summed E-state index contributed by atoms with van der Waals surface area (Å²) in [4.78, 5) is 0. The van der Waals surface area contributed by atoms with Gasteiger partial charge in [0.05, 0.1) is 11.7 Å². The lowest BCUT2D eigenvalue weighted by atomic mass is 9.40. The molecule has 0 heterocycles. The fourth-order valence-corrected chi connectivity index (χ4v) is 8.00. The van der Waals surface area contributed by atoms with Gasteiger partial charge < -0.3 is 10.2 Å². The van der Waals surface area contributed by atoms with Gasteiger partial charge in [0.15, 0.2) is 0 Å². The van der Waals surface area contributed by atoms with Gasteiger partial charge in [-0.3, -0.25) is 0 Å². The van der Waals surface area contributed by atoms with Crippen molar-refractivity contribution in [2.75, 3.05) is 0 Å². The van der Waals surface area contributed by atoms with Crippen molar-refractivity contribution in [2.45, 2.75) is 90.8 Å². The Hall–Kier alpha value is -0.0800. The maximum Gasteiger partial charge on any atom is 0.0654 e. The molecule has 0 aromatic rings. The van der Waals surface area contributed by atoms with Crippen molar-refractivity contribution in [3.63, 3.8) is 0 Å². The lowest BCUT2D eigenvalue weighted by Gasteiger charge is -2.65. The molecular weight excluding hydrogens is 272 g/mol. The summed E-state index contributed by atoms with van der Waals surface area (Å²) in [6.45, 7) is 9.41. The second kappa shape index (κ2) is 4.30. The summed E-state index contributed by atoms with van der Waals surface area (Å²) in [5.74, 6) is 1.66. The second-order valence-corrected chi connectivity index (χ2v) is 10.5. The molecule has 0 radical (unpaired) electrons. The van der Waals surface area contributed by atoms with Gasteiger partial charge in [0.25, 0.3) is 0 Å². The monoisotopic (exact) mass is 306 g/mol. The van der Waals surface area contributed by atoms with Crippen LogP contribution in [0.25, 0.3) is 0 Å². The third kappa shape index (κ3) is 1.75. The summed E-state index contributed by atoms with van der Waals surface area (Å²) in [7, 11) is 0. The van der Waals surface area contributed by atoms with E-state index in [9.17, 15) is 10.2 Å². The average molecular weight is 306 g/mol. The topological polar surface area (TPSA) is 40.5 Å². The summed E-state index contributed by atoms with van der Waals surface area (Å²) >= 11 is 0. The fourth-order valence-electron chi connectivity index (χ4n) is 8.00. The first-order valence-corrected chi connectivity index (χ1v) is 9.52. The second-order valence-electron chi connectivity index (χ2n) is 10.5. The number of hydrogen-bond donors (Lipinski definition) is 2. The zero-order valence-electron chi connectivity index (χ0n) is 14.9. The largest absolute Gasteiger partial charge is 0.393 e. The van der Waals surface area contributed by atoms with Crippen LogP contribution in [0.15, 0.2) is 0 Å². The zero-order valence-corrected chi connectivity index (χ0v) is 14.9. The molecule has 4 rings (SSSR count). The molecule has 4 saturated carbocycles. The van der Waals surface area contributed by atoms with Crippen LogP contribution in [0.4, 0.5) is 0 Å². The van der Waals surface area contributed by atoms with E-state index in [2.05, 4.69) is 20.8 Å². The molecule has 2 nitrogen and oxygen atoms in total. The first kappa shape index (κ1) is 15.4. The van der Waals surface area contributed by atoms with Gasteiger partial charge in [-0.2, -0.15) is 0 Å². The van der Waals surface area contributed by atoms with Crippen LogP contribution in [-0.4, -0.2) is 21.9 Å². The van der Waals surface area contributed by atoms with E-state index in [1.165, 1.54) is 25.7 Å². The van der Waals surface area contributed by atoms with E-state index in [1.54, 1.807) is 0 Å². The van der Waals surface area contributed by atoms with Gasteiger partial charge in [-0.15, -0.1) is 0 Å². The molecule has 0 saturated heterocycles. The van der Waals surface area contributed by atoms with E-state index in [0.29, 0.717) is 28.6 Å². The maximum absolute atomic E-state index is 11.2. The van der Waals surface area contributed by atoms with Crippen molar-refractivity contribution in [3.05, 3.63) is 0 Å². The SMILES string of the molecule is CC1(C)CCC[C@]2(C)[C@@H]1C[C@H](O)[C@@]13C[C@@H](CC[C@@H]21)[C@](C)(O)C3. The predicted molar refractivity (Wildman–Crippen MR) is 88.4 cm³/mol. The van der Waals surface area contributed by atoms with Gasteiger partial charge in [-0.05, 0) is 80.5 Å². The van der Waals surface area contributed by atoms with E-state index in [4.69, 9.17) is 0 Å². The summed E-state index contributed by atoms with van der Waals surface area (Å²) < 4.78 is 0. The van der Waals surface area contributed by atoms with Crippen molar-refractivity contribution in [2.24, 2.45) is 34.0 Å². The van der Waals surface area contributed by atoms with Crippen molar-refractivity contribution in [3.8, 4) is 0 Å². The minimum absolute atomic E-state index is 0.00505. The van der Waals surface area contributed by atoms with Gasteiger partial charge in [0, 0.05) is 5.41 Å². The molecule has 0 aromatic carbocycles. The molecule has 0 amide bonds. The molecule has 0 unspecified atom stereocenters. The molecule has 4 aliphatic rings. The third-order valence-electron chi connectivity index (χ3n) is 8.89. The first-order chi connectivity index (χ1) is 10.1. The van der Waals surface area contributed by atoms with Crippen LogP contribution in [-0.2, 0) is 0 Å². The quantitative estimate of drug-likeness (QED) is 0.706. The molecule has 0 aliphatic heterocycles. The number of hydrogen-bond acceptors (Lipinski definition) is 2. The van der Waals surface area contributed by atoms with E-state index in [-0.39, 0.29) is 11.5 Å². The molecule has 7 atom stereocenters. The zero-order chi connectivity index (χ0) is 16.0. The Bertz CT molecular complexity index is 482. The molecular formula is C20H34O2. The van der Waals surface area contributed by atoms with Crippen LogP contribution in [0.2, 0.25) is 0 Å². The molecule has 1 spiro atoms. The van der Waals surface area contributed by atoms with Gasteiger partial charge in [-0.25, -0.2) is 0 Å². The lowest BCUT2D eigenvalue weighted by Crippen LogP contribution is -2.61. The van der Waals surface area contributed by atoms with Gasteiger partial charge >= 0.3 is 0 Å². The Labute approximate surface area is 135 Å². The van der Waals surface area contributed by atoms with Crippen LogP contribution in [0.1, 0.15) is 79.1 Å². The summed E-state index contributed by atoms with van der Waals surface area (Å²) in [5, 5.41) is 22.1. The van der Waals surface area contributed by atoms with Gasteiger partial charge in [0.2, 0.25) is 0 Å². The molecule has 2 heteroatoms. The van der Waals surface area contributed by atoms with Gasteiger partial charge in [-0.1, -0.05) is 27.2 Å². The number of rotatable bonds is 0. The Balaban J connectivity index is 1.78. The van der Waals surface area contributed by atoms with Crippen LogP contribution < -0.4 is 0 Å². The predicted octanol–water partition coefficient (Wildman–Crippen LogP) is 4.14. The molecule has 126 valence electrons.